The van der Waals surface area contributed by atoms with Crippen LogP contribution < -0.4 is 5.32 Å². The fourth-order valence-electron chi connectivity index (χ4n) is 3.20. The van der Waals surface area contributed by atoms with Crippen molar-refractivity contribution in [1.29, 1.82) is 0 Å². The molecule has 2 aromatic heterocycles. The molecule has 4 nitrogen and oxygen atoms in total. The Morgan fingerprint density at radius 2 is 1.78 bits per heavy atom. The first-order valence-electron chi connectivity index (χ1n) is 8.99. The molecule has 0 aliphatic carbocycles. The van der Waals surface area contributed by atoms with Crippen LogP contribution in [0, 0.1) is 6.92 Å². The second-order valence-corrected chi connectivity index (χ2v) is 7.89. The van der Waals surface area contributed by atoms with E-state index in [0.717, 1.165) is 32.8 Å². The summed E-state index contributed by atoms with van der Waals surface area (Å²) in [5.74, 6) is 0.265. The van der Waals surface area contributed by atoms with Crippen molar-refractivity contribution in [3.05, 3.63) is 76.8 Å². The van der Waals surface area contributed by atoms with Crippen LogP contribution in [0.5, 0.6) is 0 Å². The van der Waals surface area contributed by atoms with Crippen molar-refractivity contribution in [1.82, 2.24) is 9.78 Å². The van der Waals surface area contributed by atoms with E-state index in [1.165, 1.54) is 11.3 Å². The predicted molar refractivity (Wildman–Crippen MR) is 112 cm³/mol. The van der Waals surface area contributed by atoms with E-state index in [-0.39, 0.29) is 5.91 Å². The fourth-order valence-corrected chi connectivity index (χ4v) is 4.28. The summed E-state index contributed by atoms with van der Waals surface area (Å²) in [6, 6.07) is 19.9. The van der Waals surface area contributed by atoms with Gasteiger partial charge in [0.1, 0.15) is 4.83 Å². The zero-order chi connectivity index (χ0) is 19.0. The Kier molecular flexibility index (Phi) is 4.54. The predicted octanol–water partition coefficient (Wildman–Crippen LogP) is 5.77. The largest absolute Gasteiger partial charge is 0.321 e. The highest BCUT2D eigenvalue weighted by molar-refractivity contribution is 7.20. The maximum Gasteiger partial charge on any atom is 0.265 e. The third-order valence-electron chi connectivity index (χ3n) is 4.60. The highest BCUT2D eigenvalue weighted by Crippen LogP contribution is 2.31. The van der Waals surface area contributed by atoms with Crippen molar-refractivity contribution in [2.45, 2.75) is 26.7 Å². The van der Waals surface area contributed by atoms with Crippen LogP contribution in [0.25, 0.3) is 15.9 Å². The molecule has 1 N–H and O–H groups in total. The Morgan fingerprint density at radius 3 is 2.52 bits per heavy atom. The van der Waals surface area contributed by atoms with Crippen LogP contribution in [0.2, 0.25) is 0 Å². The number of benzene rings is 2. The van der Waals surface area contributed by atoms with Gasteiger partial charge in [0.25, 0.3) is 5.91 Å². The topological polar surface area (TPSA) is 46.9 Å². The van der Waals surface area contributed by atoms with Crippen LogP contribution in [0.1, 0.15) is 40.7 Å². The molecule has 1 amide bonds. The Morgan fingerprint density at radius 1 is 1.07 bits per heavy atom. The lowest BCUT2D eigenvalue weighted by Crippen LogP contribution is -2.12. The summed E-state index contributed by atoms with van der Waals surface area (Å²) in [7, 11) is 0. The van der Waals surface area contributed by atoms with Gasteiger partial charge in [-0.1, -0.05) is 50.2 Å². The van der Waals surface area contributed by atoms with E-state index in [4.69, 9.17) is 0 Å². The summed E-state index contributed by atoms with van der Waals surface area (Å²) < 4.78 is 1.91. The molecule has 0 radical (unpaired) electrons. The molecule has 0 atom stereocenters. The third kappa shape index (κ3) is 3.26. The molecule has 0 fully saturated rings. The Labute approximate surface area is 162 Å². The maximum absolute atomic E-state index is 12.9. The van der Waals surface area contributed by atoms with Gasteiger partial charge in [-0.15, -0.1) is 11.3 Å². The van der Waals surface area contributed by atoms with Crippen LogP contribution in [0.15, 0.2) is 60.7 Å². The zero-order valence-electron chi connectivity index (χ0n) is 15.6. The number of hydrogen-bond donors (Lipinski definition) is 1. The SMILES string of the molecule is Cc1nn(-c2ccccc2)c2sc(C(=O)Nc3ccccc3C(C)C)cc12. The minimum absolute atomic E-state index is 0.0803. The highest BCUT2D eigenvalue weighted by atomic mass is 32.1. The molecule has 0 aliphatic rings. The number of aryl methyl sites for hydroxylation is 1. The Hall–Kier alpha value is -2.92. The number of carbonyl (C=O) groups excluding carboxylic acids is 1. The smallest absolute Gasteiger partial charge is 0.265 e. The summed E-state index contributed by atoms with van der Waals surface area (Å²) in [4.78, 5) is 14.6. The summed E-state index contributed by atoms with van der Waals surface area (Å²) in [6.07, 6.45) is 0. The van der Waals surface area contributed by atoms with Crippen molar-refractivity contribution < 1.29 is 4.79 Å². The van der Waals surface area contributed by atoms with E-state index in [0.29, 0.717) is 10.8 Å². The zero-order valence-corrected chi connectivity index (χ0v) is 16.4. The number of anilines is 1. The average molecular weight is 375 g/mol. The molecule has 0 spiro atoms. The van der Waals surface area contributed by atoms with Gasteiger partial charge >= 0.3 is 0 Å². The maximum atomic E-state index is 12.9. The molecule has 2 heterocycles. The first-order valence-corrected chi connectivity index (χ1v) is 9.81. The van der Waals surface area contributed by atoms with Crippen molar-refractivity contribution in [2.75, 3.05) is 5.32 Å². The van der Waals surface area contributed by atoms with Gasteiger partial charge in [-0.3, -0.25) is 4.79 Å². The number of nitrogens with zero attached hydrogens (tertiary/aromatic N) is 2. The normalized spacial score (nSPS) is 11.3. The third-order valence-corrected chi connectivity index (χ3v) is 5.71. The van der Waals surface area contributed by atoms with Crippen LogP contribution in [-0.4, -0.2) is 15.7 Å². The van der Waals surface area contributed by atoms with Crippen molar-refractivity contribution in [3.63, 3.8) is 0 Å². The number of amides is 1. The van der Waals surface area contributed by atoms with E-state index in [1.54, 1.807) is 0 Å². The fraction of sp³-hybridized carbons (Fsp3) is 0.182. The molecule has 0 unspecified atom stereocenters. The lowest BCUT2D eigenvalue weighted by molar-refractivity contribution is 0.103. The van der Waals surface area contributed by atoms with E-state index < -0.39 is 0 Å². The number of rotatable bonds is 4. The van der Waals surface area contributed by atoms with E-state index >= 15 is 0 Å². The molecular formula is C22H21N3OS. The molecular weight excluding hydrogens is 354 g/mol. The monoisotopic (exact) mass is 375 g/mol. The molecule has 27 heavy (non-hydrogen) atoms. The van der Waals surface area contributed by atoms with Crippen molar-refractivity contribution in [2.24, 2.45) is 0 Å². The quantitative estimate of drug-likeness (QED) is 0.492. The van der Waals surface area contributed by atoms with Gasteiger partial charge in [-0.2, -0.15) is 5.10 Å². The lowest BCUT2D eigenvalue weighted by Gasteiger charge is -2.13. The summed E-state index contributed by atoms with van der Waals surface area (Å²) in [5.41, 5.74) is 3.93. The minimum Gasteiger partial charge on any atom is -0.321 e. The van der Waals surface area contributed by atoms with Gasteiger partial charge in [0.15, 0.2) is 0 Å². The number of para-hydroxylation sites is 2. The molecule has 0 bridgehead atoms. The second kappa shape index (κ2) is 7.00. The van der Waals surface area contributed by atoms with Crippen LogP contribution in [0.4, 0.5) is 5.69 Å². The average Bonchev–Trinajstić information content (AvgIpc) is 3.23. The summed E-state index contributed by atoms with van der Waals surface area (Å²) in [6.45, 7) is 6.23. The number of hydrogen-bond acceptors (Lipinski definition) is 3. The number of thiophene rings is 1. The van der Waals surface area contributed by atoms with Crippen LogP contribution in [-0.2, 0) is 0 Å². The van der Waals surface area contributed by atoms with Crippen molar-refractivity contribution >= 4 is 33.1 Å². The number of aromatic nitrogens is 2. The van der Waals surface area contributed by atoms with Gasteiger partial charge < -0.3 is 5.32 Å². The second-order valence-electron chi connectivity index (χ2n) is 6.86. The van der Waals surface area contributed by atoms with Gasteiger partial charge in [-0.25, -0.2) is 4.68 Å². The Balaban J connectivity index is 1.70. The molecule has 2 aromatic carbocycles. The van der Waals surface area contributed by atoms with Crippen molar-refractivity contribution in [3.8, 4) is 5.69 Å². The molecule has 4 aromatic rings. The first kappa shape index (κ1) is 17.5. The van der Waals surface area contributed by atoms with Gasteiger partial charge in [0.05, 0.1) is 16.3 Å². The minimum atomic E-state index is -0.0803. The van der Waals surface area contributed by atoms with Gasteiger partial charge in [0.2, 0.25) is 0 Å². The van der Waals surface area contributed by atoms with E-state index in [9.17, 15) is 4.79 Å². The van der Waals surface area contributed by atoms with E-state index in [1.807, 2.05) is 66.2 Å². The summed E-state index contributed by atoms with van der Waals surface area (Å²) >= 11 is 1.47. The first-order chi connectivity index (χ1) is 13.0. The summed E-state index contributed by atoms with van der Waals surface area (Å²) in [5, 5.41) is 8.74. The molecule has 5 heteroatoms. The lowest BCUT2D eigenvalue weighted by atomic mass is 10.0. The van der Waals surface area contributed by atoms with E-state index in [2.05, 4.69) is 30.3 Å². The molecule has 0 saturated carbocycles. The van der Waals surface area contributed by atoms with Gasteiger partial charge in [0, 0.05) is 11.1 Å². The molecule has 0 saturated heterocycles. The molecule has 0 aliphatic heterocycles. The number of nitrogens with one attached hydrogen (secondary N) is 1. The standard InChI is InChI=1S/C22H21N3OS/c1-14(2)17-11-7-8-12-19(17)23-21(26)20-13-18-15(3)24-25(22(18)27-20)16-9-5-4-6-10-16/h4-14H,1-3H3,(H,23,26). The number of fused-ring (bicyclic) bond motifs is 1. The van der Waals surface area contributed by atoms with Crippen LogP contribution >= 0.6 is 11.3 Å². The molecule has 4 rings (SSSR count). The highest BCUT2D eigenvalue weighted by Gasteiger charge is 2.18. The van der Waals surface area contributed by atoms with Crippen LogP contribution in [0.3, 0.4) is 0 Å². The van der Waals surface area contributed by atoms with Gasteiger partial charge in [-0.05, 0) is 42.7 Å². The Bertz CT molecular complexity index is 1110. The number of carbonyl (C=O) groups is 1. The molecule has 136 valence electrons.